The highest BCUT2D eigenvalue weighted by Gasteiger charge is 2.12. The van der Waals surface area contributed by atoms with Gasteiger partial charge in [-0.05, 0) is 51.4 Å². The van der Waals surface area contributed by atoms with Gasteiger partial charge < -0.3 is 10.6 Å². The van der Waals surface area contributed by atoms with Crippen LogP contribution in [0.25, 0.3) is 0 Å². The van der Waals surface area contributed by atoms with E-state index in [0.717, 1.165) is 13.0 Å². The number of piperidine rings is 1. The Bertz CT molecular complexity index is 325. The highest BCUT2D eigenvalue weighted by atomic mass is 15.1. The number of aryl methyl sites for hydroxylation is 1. The van der Waals surface area contributed by atoms with E-state index in [1.54, 1.807) is 0 Å². The molecule has 1 atom stereocenters. The van der Waals surface area contributed by atoms with E-state index in [-0.39, 0.29) is 6.04 Å². The zero-order chi connectivity index (χ0) is 12.1. The molecule has 1 heterocycles. The maximum Gasteiger partial charge on any atom is 0.0307 e. The summed E-state index contributed by atoms with van der Waals surface area (Å²) in [7, 11) is 0. The Morgan fingerprint density at radius 1 is 1.12 bits per heavy atom. The average Bonchev–Trinajstić information content (AvgIpc) is 2.38. The van der Waals surface area contributed by atoms with Crippen molar-refractivity contribution >= 4 is 0 Å². The van der Waals surface area contributed by atoms with Gasteiger partial charge in [0.25, 0.3) is 0 Å². The first-order valence-electron chi connectivity index (χ1n) is 6.80. The lowest BCUT2D eigenvalue weighted by atomic mass is 10.0. The maximum absolute atomic E-state index is 6.24. The molecule has 1 aliphatic rings. The number of nitrogens with zero attached hydrogens (tertiary/aromatic N) is 1. The van der Waals surface area contributed by atoms with Crippen LogP contribution >= 0.6 is 0 Å². The summed E-state index contributed by atoms with van der Waals surface area (Å²) in [5, 5.41) is 0. The largest absolute Gasteiger partial charge is 0.324 e. The number of nitrogens with two attached hydrogens (primary N) is 1. The number of rotatable bonds is 4. The molecule has 94 valence electrons. The van der Waals surface area contributed by atoms with Crippen molar-refractivity contribution in [2.45, 2.75) is 38.6 Å². The lowest BCUT2D eigenvalue weighted by Gasteiger charge is -2.27. The van der Waals surface area contributed by atoms with Gasteiger partial charge in [-0.2, -0.15) is 0 Å². The monoisotopic (exact) mass is 232 g/mol. The third-order valence-corrected chi connectivity index (χ3v) is 3.71. The molecule has 1 saturated heterocycles. The fourth-order valence-corrected chi connectivity index (χ4v) is 2.48. The minimum Gasteiger partial charge on any atom is -0.324 e. The Kier molecular flexibility index (Phi) is 4.57. The van der Waals surface area contributed by atoms with Crippen LogP contribution in [0.4, 0.5) is 0 Å². The van der Waals surface area contributed by atoms with Crippen molar-refractivity contribution in [2.75, 3.05) is 19.6 Å². The molecule has 1 aliphatic heterocycles. The topological polar surface area (TPSA) is 29.3 Å². The molecule has 1 fully saturated rings. The number of hydrogen-bond acceptors (Lipinski definition) is 2. The second kappa shape index (κ2) is 6.18. The standard InChI is InChI=1S/C15H24N2/c1-13-5-7-14(8-6-13)15(16)9-12-17-10-3-2-4-11-17/h5-8,15H,2-4,9-12,16H2,1H3. The van der Waals surface area contributed by atoms with Crippen LogP contribution < -0.4 is 5.73 Å². The first-order chi connectivity index (χ1) is 8.25. The molecule has 2 N–H and O–H groups in total. The van der Waals surface area contributed by atoms with Crippen molar-refractivity contribution < 1.29 is 0 Å². The maximum atomic E-state index is 6.24. The van der Waals surface area contributed by atoms with Crippen molar-refractivity contribution in [3.05, 3.63) is 35.4 Å². The SMILES string of the molecule is Cc1ccc(C(N)CCN2CCCCC2)cc1. The predicted octanol–water partition coefficient (Wildman–Crippen LogP) is 2.87. The number of hydrogen-bond donors (Lipinski definition) is 1. The molecule has 0 saturated carbocycles. The molecule has 1 aromatic rings. The van der Waals surface area contributed by atoms with Gasteiger partial charge in [0.05, 0.1) is 0 Å². The highest BCUT2D eigenvalue weighted by Crippen LogP contribution is 2.16. The normalized spacial score (nSPS) is 19.2. The van der Waals surface area contributed by atoms with Crippen LogP contribution in [0.2, 0.25) is 0 Å². The van der Waals surface area contributed by atoms with Crippen molar-refractivity contribution in [2.24, 2.45) is 5.73 Å². The second-order valence-electron chi connectivity index (χ2n) is 5.21. The molecule has 0 aromatic heterocycles. The number of benzene rings is 1. The minimum atomic E-state index is 0.192. The Hall–Kier alpha value is -0.860. The summed E-state index contributed by atoms with van der Waals surface area (Å²) in [6, 6.07) is 8.82. The third kappa shape index (κ3) is 3.83. The van der Waals surface area contributed by atoms with Gasteiger partial charge in [0, 0.05) is 6.04 Å². The van der Waals surface area contributed by atoms with Crippen LogP contribution in [0.3, 0.4) is 0 Å². The lowest BCUT2D eigenvalue weighted by Crippen LogP contribution is -2.32. The fourth-order valence-electron chi connectivity index (χ4n) is 2.48. The van der Waals surface area contributed by atoms with E-state index in [1.807, 2.05) is 0 Å². The van der Waals surface area contributed by atoms with Crippen molar-refractivity contribution in [1.29, 1.82) is 0 Å². The first-order valence-corrected chi connectivity index (χ1v) is 6.80. The molecule has 0 bridgehead atoms. The minimum absolute atomic E-state index is 0.192. The van der Waals surface area contributed by atoms with E-state index in [0.29, 0.717) is 0 Å². The Balaban J connectivity index is 1.80. The quantitative estimate of drug-likeness (QED) is 0.865. The summed E-state index contributed by atoms with van der Waals surface area (Å²) >= 11 is 0. The van der Waals surface area contributed by atoms with Gasteiger partial charge in [-0.3, -0.25) is 0 Å². The van der Waals surface area contributed by atoms with E-state index in [1.165, 1.54) is 43.5 Å². The van der Waals surface area contributed by atoms with E-state index >= 15 is 0 Å². The highest BCUT2D eigenvalue weighted by molar-refractivity contribution is 5.23. The molecule has 2 heteroatoms. The molecule has 1 aromatic carbocycles. The van der Waals surface area contributed by atoms with Crippen molar-refractivity contribution in [1.82, 2.24) is 4.90 Å². The Labute approximate surface area is 105 Å². The molecule has 0 aliphatic carbocycles. The second-order valence-corrected chi connectivity index (χ2v) is 5.21. The first kappa shape index (κ1) is 12.6. The third-order valence-electron chi connectivity index (χ3n) is 3.71. The van der Waals surface area contributed by atoms with Crippen LogP contribution in [0.5, 0.6) is 0 Å². The smallest absolute Gasteiger partial charge is 0.0307 e. The lowest BCUT2D eigenvalue weighted by molar-refractivity contribution is 0.221. The van der Waals surface area contributed by atoms with Crippen LogP contribution in [0, 0.1) is 6.92 Å². The van der Waals surface area contributed by atoms with Gasteiger partial charge in [0.1, 0.15) is 0 Å². The van der Waals surface area contributed by atoms with Gasteiger partial charge in [-0.1, -0.05) is 36.2 Å². The van der Waals surface area contributed by atoms with Gasteiger partial charge in [0.15, 0.2) is 0 Å². The fraction of sp³-hybridized carbons (Fsp3) is 0.600. The summed E-state index contributed by atoms with van der Waals surface area (Å²) in [4.78, 5) is 2.55. The zero-order valence-electron chi connectivity index (χ0n) is 10.9. The summed E-state index contributed by atoms with van der Waals surface area (Å²) in [6.45, 7) is 5.79. The van der Waals surface area contributed by atoms with E-state index in [4.69, 9.17) is 5.73 Å². The Morgan fingerprint density at radius 2 is 1.76 bits per heavy atom. The molecule has 0 radical (unpaired) electrons. The number of likely N-dealkylation sites (tertiary alicyclic amines) is 1. The van der Waals surface area contributed by atoms with Crippen LogP contribution in [-0.2, 0) is 0 Å². The molecule has 0 amide bonds. The van der Waals surface area contributed by atoms with Gasteiger partial charge in [-0.25, -0.2) is 0 Å². The van der Waals surface area contributed by atoms with E-state index in [2.05, 4.69) is 36.1 Å². The molecule has 2 nitrogen and oxygen atoms in total. The zero-order valence-corrected chi connectivity index (χ0v) is 10.9. The van der Waals surface area contributed by atoms with Crippen molar-refractivity contribution in [3.63, 3.8) is 0 Å². The molecule has 1 unspecified atom stereocenters. The molecule has 0 spiro atoms. The van der Waals surface area contributed by atoms with Gasteiger partial charge >= 0.3 is 0 Å². The Morgan fingerprint density at radius 3 is 2.41 bits per heavy atom. The summed E-state index contributed by atoms with van der Waals surface area (Å²) < 4.78 is 0. The molecular formula is C15H24N2. The molecule has 17 heavy (non-hydrogen) atoms. The summed E-state index contributed by atoms with van der Waals surface area (Å²) in [5.74, 6) is 0. The summed E-state index contributed by atoms with van der Waals surface area (Å²) in [6.07, 6.45) is 5.20. The summed E-state index contributed by atoms with van der Waals surface area (Å²) in [5.41, 5.74) is 8.81. The van der Waals surface area contributed by atoms with Crippen LogP contribution in [0.15, 0.2) is 24.3 Å². The molecular weight excluding hydrogens is 208 g/mol. The predicted molar refractivity (Wildman–Crippen MR) is 73.0 cm³/mol. The average molecular weight is 232 g/mol. The van der Waals surface area contributed by atoms with E-state index < -0.39 is 0 Å². The van der Waals surface area contributed by atoms with Gasteiger partial charge in [0.2, 0.25) is 0 Å². The molecule has 2 rings (SSSR count). The van der Waals surface area contributed by atoms with Crippen LogP contribution in [0.1, 0.15) is 42.9 Å². The van der Waals surface area contributed by atoms with Crippen molar-refractivity contribution in [3.8, 4) is 0 Å². The van der Waals surface area contributed by atoms with E-state index in [9.17, 15) is 0 Å². The van der Waals surface area contributed by atoms with Gasteiger partial charge in [-0.15, -0.1) is 0 Å². The van der Waals surface area contributed by atoms with Crippen LogP contribution in [-0.4, -0.2) is 24.5 Å².